The largest absolute Gasteiger partial charge is 0.506 e. The fraction of sp³-hybridized carbons (Fsp3) is 0.316. The molecule has 0 aliphatic carbocycles. The van der Waals surface area contributed by atoms with Crippen LogP contribution in [0.1, 0.15) is 24.2 Å². The Kier molecular flexibility index (Phi) is 6.80. The molecule has 134 valence electrons. The number of carbonyl (C=O) groups excluding carboxylic acids is 1. The highest BCUT2D eigenvalue weighted by Gasteiger charge is 2.15. The van der Waals surface area contributed by atoms with E-state index in [1.165, 1.54) is 11.6 Å². The van der Waals surface area contributed by atoms with E-state index >= 15 is 0 Å². The number of amides is 1. The van der Waals surface area contributed by atoms with E-state index in [1.807, 2.05) is 24.3 Å². The number of rotatable bonds is 9. The fourth-order valence-electron chi connectivity index (χ4n) is 2.65. The van der Waals surface area contributed by atoms with Crippen LogP contribution in [0, 0.1) is 0 Å². The van der Waals surface area contributed by atoms with Crippen LogP contribution in [0.2, 0.25) is 0 Å². The number of carbonyl (C=O) groups is 1. The maximum absolute atomic E-state index is 10.5. The number of benzene rings is 2. The first kappa shape index (κ1) is 18.8. The number of nitrogens with one attached hydrogen (secondary N) is 1. The molecule has 0 saturated heterocycles. The Morgan fingerprint density at radius 3 is 2.60 bits per heavy atom. The van der Waals surface area contributed by atoms with E-state index in [0.717, 1.165) is 12.2 Å². The molecule has 0 radical (unpaired) electrons. The molecule has 0 heterocycles. The highest BCUT2D eigenvalue weighted by atomic mass is 16.5. The maximum atomic E-state index is 10.5. The van der Waals surface area contributed by atoms with Gasteiger partial charge in [0, 0.05) is 6.42 Å². The first-order valence-corrected chi connectivity index (χ1v) is 8.21. The molecule has 0 fully saturated rings. The van der Waals surface area contributed by atoms with E-state index in [0.29, 0.717) is 24.6 Å². The Balaban J connectivity index is 1.88. The molecule has 0 saturated carbocycles. The zero-order chi connectivity index (χ0) is 18.2. The Bertz CT molecular complexity index is 688. The summed E-state index contributed by atoms with van der Waals surface area (Å²) in [5.41, 5.74) is 2.15. The summed E-state index contributed by atoms with van der Waals surface area (Å²) in [6.07, 6.45) is 0.685. The molecular formula is C19H25N2O4+. The minimum atomic E-state index is -0.689. The summed E-state index contributed by atoms with van der Waals surface area (Å²) in [5.74, 6) is 0.808. The summed E-state index contributed by atoms with van der Waals surface area (Å²) in [6, 6.07) is 12.9. The van der Waals surface area contributed by atoms with Crippen LogP contribution in [0.5, 0.6) is 11.5 Å². The molecule has 0 aliphatic heterocycles. The highest BCUT2D eigenvalue weighted by molar-refractivity contribution is 5.75. The van der Waals surface area contributed by atoms with Crippen LogP contribution in [-0.2, 0) is 11.2 Å². The summed E-state index contributed by atoms with van der Waals surface area (Å²) < 4.78 is 5.15. The number of methoxy groups -OCH3 is 1. The van der Waals surface area contributed by atoms with Crippen LogP contribution in [0.4, 0.5) is 5.69 Å². The second-order valence-electron chi connectivity index (χ2n) is 6.06. The average molecular weight is 345 g/mol. The molecule has 2 aromatic carbocycles. The average Bonchev–Trinajstić information content (AvgIpc) is 2.62. The van der Waals surface area contributed by atoms with Gasteiger partial charge in [0.25, 0.3) is 0 Å². The number of anilines is 1. The van der Waals surface area contributed by atoms with Gasteiger partial charge in [0.2, 0.25) is 6.41 Å². The maximum Gasteiger partial charge on any atom is 0.211 e. The highest BCUT2D eigenvalue weighted by Crippen LogP contribution is 2.26. The van der Waals surface area contributed by atoms with Crippen LogP contribution in [0.15, 0.2) is 42.5 Å². The van der Waals surface area contributed by atoms with Crippen molar-refractivity contribution in [2.45, 2.75) is 25.5 Å². The van der Waals surface area contributed by atoms with E-state index in [-0.39, 0.29) is 11.4 Å². The van der Waals surface area contributed by atoms with E-state index in [1.54, 1.807) is 19.2 Å². The van der Waals surface area contributed by atoms with Gasteiger partial charge in [-0.2, -0.15) is 0 Å². The number of aliphatic hydroxyl groups excluding tert-OH is 1. The van der Waals surface area contributed by atoms with Gasteiger partial charge < -0.3 is 25.6 Å². The van der Waals surface area contributed by atoms with Crippen molar-refractivity contribution < 1.29 is 25.1 Å². The van der Waals surface area contributed by atoms with Gasteiger partial charge in [-0.25, -0.2) is 0 Å². The molecule has 2 atom stereocenters. The van der Waals surface area contributed by atoms with Gasteiger partial charge in [-0.15, -0.1) is 0 Å². The van der Waals surface area contributed by atoms with Crippen molar-refractivity contribution in [2.24, 2.45) is 0 Å². The third-order valence-electron chi connectivity index (χ3n) is 4.10. The van der Waals surface area contributed by atoms with Crippen molar-refractivity contribution in [3.8, 4) is 11.5 Å². The summed E-state index contributed by atoms with van der Waals surface area (Å²) >= 11 is 0. The van der Waals surface area contributed by atoms with Gasteiger partial charge in [-0.3, -0.25) is 4.79 Å². The molecule has 0 aliphatic rings. The predicted molar refractivity (Wildman–Crippen MR) is 95.7 cm³/mol. The lowest BCUT2D eigenvalue weighted by Gasteiger charge is -2.16. The fourth-order valence-corrected chi connectivity index (χ4v) is 2.65. The smallest absolute Gasteiger partial charge is 0.211 e. The minimum absolute atomic E-state index is 0.0279. The third-order valence-corrected chi connectivity index (χ3v) is 4.10. The molecule has 0 bridgehead atoms. The molecule has 2 aromatic rings. The number of aliphatic hydroxyl groups is 1. The molecule has 5 N–H and O–H groups in total. The Morgan fingerprint density at radius 1 is 1.24 bits per heavy atom. The molecule has 6 heteroatoms. The van der Waals surface area contributed by atoms with Crippen LogP contribution in [-0.4, -0.2) is 36.3 Å². The Morgan fingerprint density at radius 2 is 1.96 bits per heavy atom. The van der Waals surface area contributed by atoms with Crippen molar-refractivity contribution in [3.05, 3.63) is 53.6 Å². The van der Waals surface area contributed by atoms with E-state index in [4.69, 9.17) is 4.74 Å². The second-order valence-corrected chi connectivity index (χ2v) is 6.06. The van der Waals surface area contributed by atoms with Crippen LogP contribution < -0.4 is 15.4 Å². The number of aromatic hydroxyl groups is 1. The lowest BCUT2D eigenvalue weighted by molar-refractivity contribution is -0.692. The van der Waals surface area contributed by atoms with Crippen molar-refractivity contribution >= 4 is 12.1 Å². The molecule has 0 aromatic heterocycles. The van der Waals surface area contributed by atoms with E-state index in [9.17, 15) is 15.0 Å². The molecule has 6 nitrogen and oxygen atoms in total. The summed E-state index contributed by atoms with van der Waals surface area (Å²) in [4.78, 5) is 10.5. The van der Waals surface area contributed by atoms with Crippen molar-refractivity contribution in [2.75, 3.05) is 19.0 Å². The Hall–Kier alpha value is -2.57. The zero-order valence-electron chi connectivity index (χ0n) is 14.5. The normalized spacial score (nSPS) is 13.1. The lowest BCUT2D eigenvalue weighted by Crippen LogP contribution is -2.90. The molecular weight excluding hydrogens is 320 g/mol. The summed E-state index contributed by atoms with van der Waals surface area (Å²) in [6.45, 7) is 2.59. The van der Waals surface area contributed by atoms with Gasteiger partial charge in [-0.1, -0.05) is 18.2 Å². The van der Waals surface area contributed by atoms with E-state index < -0.39 is 6.10 Å². The van der Waals surface area contributed by atoms with Crippen LogP contribution >= 0.6 is 0 Å². The monoisotopic (exact) mass is 345 g/mol. The van der Waals surface area contributed by atoms with Gasteiger partial charge in [0.15, 0.2) is 0 Å². The topological polar surface area (TPSA) is 95.4 Å². The predicted octanol–water partition coefficient (Wildman–Crippen LogP) is 1.20. The van der Waals surface area contributed by atoms with Gasteiger partial charge in [-0.05, 0) is 42.3 Å². The van der Waals surface area contributed by atoms with Crippen molar-refractivity contribution in [1.82, 2.24) is 0 Å². The number of phenolic OH excluding ortho intramolecular Hbond substituents is 1. The number of hydrogen-bond donors (Lipinski definition) is 4. The van der Waals surface area contributed by atoms with Crippen molar-refractivity contribution in [1.29, 1.82) is 0 Å². The lowest BCUT2D eigenvalue weighted by atomic mass is 10.1. The standard InChI is InChI=1S/C19H24N2O4/c1-13(9-14-3-6-16(25-2)7-4-14)20-11-19(24)15-5-8-18(23)17(10-15)21-12-22/h3-8,10,12-13,19-20,23-24H,9,11H2,1-2H3,(H,21,22)/p+1/t13-,19-/m0/s1. The SMILES string of the molecule is COc1ccc(C[C@H](C)[NH2+]C[C@H](O)c2ccc(O)c(NC=O)c2)cc1. The van der Waals surface area contributed by atoms with Crippen molar-refractivity contribution in [3.63, 3.8) is 0 Å². The first-order valence-electron chi connectivity index (χ1n) is 8.21. The zero-order valence-corrected chi connectivity index (χ0v) is 14.5. The summed E-state index contributed by atoms with van der Waals surface area (Å²) in [7, 11) is 1.64. The molecule has 1 amide bonds. The van der Waals surface area contributed by atoms with Crippen LogP contribution in [0.25, 0.3) is 0 Å². The number of ether oxygens (including phenoxy) is 1. The number of phenols is 1. The van der Waals surface area contributed by atoms with Crippen LogP contribution in [0.3, 0.4) is 0 Å². The van der Waals surface area contributed by atoms with E-state index in [2.05, 4.69) is 17.6 Å². The van der Waals surface area contributed by atoms with Gasteiger partial charge in [0.1, 0.15) is 24.1 Å². The molecule has 0 spiro atoms. The minimum Gasteiger partial charge on any atom is -0.506 e. The van der Waals surface area contributed by atoms with Gasteiger partial charge >= 0.3 is 0 Å². The second kappa shape index (κ2) is 9.05. The summed E-state index contributed by atoms with van der Waals surface area (Å²) in [5, 5.41) is 24.5. The molecule has 2 rings (SSSR count). The third kappa shape index (κ3) is 5.48. The molecule has 25 heavy (non-hydrogen) atoms. The number of nitrogens with two attached hydrogens (primary N) is 1. The Labute approximate surface area is 147 Å². The quantitative estimate of drug-likeness (QED) is 0.406. The number of hydrogen-bond acceptors (Lipinski definition) is 4. The van der Waals surface area contributed by atoms with Gasteiger partial charge in [0.05, 0.1) is 18.8 Å². The molecule has 0 unspecified atom stereocenters. The first-order chi connectivity index (χ1) is 12.0. The number of quaternary nitrogens is 1.